The third-order valence-corrected chi connectivity index (χ3v) is 2.11. The predicted octanol–water partition coefficient (Wildman–Crippen LogP) is 2.32. The summed E-state index contributed by atoms with van der Waals surface area (Å²) in [7, 11) is 0. The molecule has 0 radical (unpaired) electrons. The summed E-state index contributed by atoms with van der Waals surface area (Å²) in [6.45, 7) is 1.90. The van der Waals surface area contributed by atoms with E-state index in [9.17, 15) is 0 Å². The average molecular weight is 195 g/mol. The molecule has 1 heterocycles. The molecule has 1 aromatic heterocycles. The topological polar surface area (TPSA) is 49.6 Å². The minimum Gasteiger partial charge on any atom is -0.192 e. The zero-order valence-corrected chi connectivity index (χ0v) is 8.31. The second-order valence-electron chi connectivity index (χ2n) is 3.25. The van der Waals surface area contributed by atoms with Gasteiger partial charge >= 0.3 is 0 Å². The molecule has 2 aromatic rings. The molecule has 0 saturated carbocycles. The molecule has 0 aliphatic heterocycles. The zero-order valence-electron chi connectivity index (χ0n) is 8.31. The lowest BCUT2D eigenvalue weighted by Gasteiger charge is -1.99. The molecule has 3 nitrogen and oxygen atoms in total. The van der Waals surface area contributed by atoms with E-state index in [1.807, 2.05) is 31.2 Å². The summed E-state index contributed by atoms with van der Waals surface area (Å²) in [6, 6.07) is 13.2. The number of rotatable bonds is 1. The van der Waals surface area contributed by atoms with Crippen molar-refractivity contribution in [1.29, 1.82) is 5.26 Å². The first kappa shape index (κ1) is 9.35. The van der Waals surface area contributed by atoms with Crippen molar-refractivity contribution in [2.75, 3.05) is 0 Å². The Labute approximate surface area is 88.0 Å². The third-order valence-electron chi connectivity index (χ3n) is 2.11. The predicted molar refractivity (Wildman–Crippen MR) is 56.9 cm³/mol. The number of hydrogen-bond donors (Lipinski definition) is 0. The number of nitriles is 1. The molecule has 2 rings (SSSR count). The molecule has 0 amide bonds. The van der Waals surface area contributed by atoms with Gasteiger partial charge in [-0.1, -0.05) is 12.1 Å². The van der Waals surface area contributed by atoms with Gasteiger partial charge in [-0.15, -0.1) is 0 Å². The van der Waals surface area contributed by atoms with E-state index in [1.165, 1.54) is 0 Å². The Morgan fingerprint density at radius 1 is 1.00 bits per heavy atom. The van der Waals surface area contributed by atoms with Gasteiger partial charge in [0.2, 0.25) is 0 Å². The number of nitrogens with zero attached hydrogens (tertiary/aromatic N) is 3. The van der Waals surface area contributed by atoms with Crippen LogP contribution in [-0.2, 0) is 0 Å². The summed E-state index contributed by atoms with van der Waals surface area (Å²) in [4.78, 5) is 0. The van der Waals surface area contributed by atoms with Crippen molar-refractivity contribution in [3.8, 4) is 17.3 Å². The van der Waals surface area contributed by atoms with Crippen LogP contribution in [0.2, 0.25) is 0 Å². The number of aryl methyl sites for hydroxylation is 1. The highest BCUT2D eigenvalue weighted by Crippen LogP contribution is 2.16. The smallest absolute Gasteiger partial charge is 0.0991 e. The summed E-state index contributed by atoms with van der Waals surface area (Å²) in [6.07, 6.45) is 0. The number of aromatic nitrogens is 2. The van der Waals surface area contributed by atoms with Gasteiger partial charge in [0.25, 0.3) is 0 Å². The van der Waals surface area contributed by atoms with Gasteiger partial charge in [-0.2, -0.15) is 15.5 Å². The number of hydrogen-bond acceptors (Lipinski definition) is 3. The minimum atomic E-state index is 0.652. The van der Waals surface area contributed by atoms with Gasteiger partial charge < -0.3 is 0 Å². The Kier molecular flexibility index (Phi) is 2.42. The van der Waals surface area contributed by atoms with E-state index in [0.717, 1.165) is 17.0 Å². The number of benzene rings is 1. The second kappa shape index (κ2) is 3.89. The Balaban J connectivity index is 2.38. The van der Waals surface area contributed by atoms with Crippen molar-refractivity contribution in [1.82, 2.24) is 10.2 Å². The molecule has 0 spiro atoms. The van der Waals surface area contributed by atoms with Gasteiger partial charge in [-0.25, -0.2) is 0 Å². The Bertz CT molecular complexity index is 492. The van der Waals surface area contributed by atoms with Crippen LogP contribution in [0.5, 0.6) is 0 Å². The summed E-state index contributed by atoms with van der Waals surface area (Å²) < 4.78 is 0. The summed E-state index contributed by atoms with van der Waals surface area (Å²) in [5, 5.41) is 16.7. The molecular formula is C12H9N3. The Morgan fingerprint density at radius 2 is 1.73 bits per heavy atom. The maximum absolute atomic E-state index is 8.66. The minimum absolute atomic E-state index is 0.652. The van der Waals surface area contributed by atoms with Crippen LogP contribution in [0.15, 0.2) is 36.4 Å². The Hall–Kier alpha value is -2.21. The monoisotopic (exact) mass is 195 g/mol. The highest BCUT2D eigenvalue weighted by Gasteiger charge is 1.99. The van der Waals surface area contributed by atoms with Crippen molar-refractivity contribution < 1.29 is 0 Å². The van der Waals surface area contributed by atoms with E-state index in [-0.39, 0.29) is 0 Å². The van der Waals surface area contributed by atoms with Crippen LogP contribution >= 0.6 is 0 Å². The maximum atomic E-state index is 8.66. The first-order valence-corrected chi connectivity index (χ1v) is 4.60. The molecule has 0 atom stereocenters. The van der Waals surface area contributed by atoms with Crippen LogP contribution in [-0.4, -0.2) is 10.2 Å². The van der Waals surface area contributed by atoms with Crippen LogP contribution in [0.4, 0.5) is 0 Å². The summed E-state index contributed by atoms with van der Waals surface area (Å²) in [5.41, 5.74) is 3.35. The lowest BCUT2D eigenvalue weighted by Crippen LogP contribution is -1.89. The van der Waals surface area contributed by atoms with Crippen molar-refractivity contribution in [3.63, 3.8) is 0 Å². The summed E-state index contributed by atoms with van der Waals surface area (Å²) >= 11 is 0. The largest absolute Gasteiger partial charge is 0.192 e. The third kappa shape index (κ3) is 2.00. The lowest BCUT2D eigenvalue weighted by molar-refractivity contribution is 0.987. The van der Waals surface area contributed by atoms with E-state index in [0.29, 0.717) is 5.56 Å². The average Bonchev–Trinajstić information content (AvgIpc) is 2.30. The fourth-order valence-electron chi connectivity index (χ4n) is 1.27. The molecule has 0 fully saturated rings. The van der Waals surface area contributed by atoms with E-state index in [1.54, 1.807) is 12.1 Å². The first-order chi connectivity index (χ1) is 7.29. The molecule has 15 heavy (non-hydrogen) atoms. The molecule has 0 aliphatic carbocycles. The van der Waals surface area contributed by atoms with Crippen LogP contribution < -0.4 is 0 Å². The normalized spacial score (nSPS) is 9.60. The van der Waals surface area contributed by atoms with Crippen LogP contribution in [0.25, 0.3) is 11.3 Å². The van der Waals surface area contributed by atoms with Crippen molar-refractivity contribution >= 4 is 0 Å². The first-order valence-electron chi connectivity index (χ1n) is 4.60. The molecule has 3 heteroatoms. The van der Waals surface area contributed by atoms with Gasteiger partial charge in [-0.3, -0.25) is 0 Å². The molecule has 0 bridgehead atoms. The molecule has 0 unspecified atom stereocenters. The fourth-order valence-corrected chi connectivity index (χ4v) is 1.27. The van der Waals surface area contributed by atoms with Gasteiger partial charge in [-0.05, 0) is 31.2 Å². The highest BCUT2D eigenvalue weighted by atomic mass is 15.1. The van der Waals surface area contributed by atoms with Gasteiger partial charge in [0.05, 0.1) is 23.0 Å². The lowest BCUT2D eigenvalue weighted by atomic mass is 10.1. The van der Waals surface area contributed by atoms with E-state index in [4.69, 9.17) is 5.26 Å². The van der Waals surface area contributed by atoms with Crippen LogP contribution in [0.3, 0.4) is 0 Å². The quantitative estimate of drug-likeness (QED) is 0.701. The van der Waals surface area contributed by atoms with E-state index < -0.39 is 0 Å². The Morgan fingerprint density at radius 3 is 2.27 bits per heavy atom. The maximum Gasteiger partial charge on any atom is 0.0991 e. The highest BCUT2D eigenvalue weighted by molar-refractivity contribution is 5.59. The zero-order chi connectivity index (χ0) is 10.7. The molecular weight excluding hydrogens is 186 g/mol. The van der Waals surface area contributed by atoms with Crippen LogP contribution in [0.1, 0.15) is 11.3 Å². The molecule has 72 valence electrons. The molecule has 0 aliphatic rings. The van der Waals surface area contributed by atoms with Crippen molar-refractivity contribution in [2.24, 2.45) is 0 Å². The SMILES string of the molecule is Cc1ccc(-c2ccc(C#N)cc2)nn1. The van der Waals surface area contributed by atoms with E-state index in [2.05, 4.69) is 16.3 Å². The van der Waals surface area contributed by atoms with Crippen molar-refractivity contribution in [2.45, 2.75) is 6.92 Å². The molecule has 0 saturated heterocycles. The van der Waals surface area contributed by atoms with Gasteiger partial charge in [0.15, 0.2) is 0 Å². The van der Waals surface area contributed by atoms with Gasteiger partial charge in [0.1, 0.15) is 0 Å². The summed E-state index contributed by atoms with van der Waals surface area (Å²) in [5.74, 6) is 0. The molecule has 0 N–H and O–H groups in total. The van der Waals surface area contributed by atoms with Crippen molar-refractivity contribution in [3.05, 3.63) is 47.7 Å². The van der Waals surface area contributed by atoms with Gasteiger partial charge in [0, 0.05) is 5.56 Å². The second-order valence-corrected chi connectivity index (χ2v) is 3.25. The molecule has 1 aromatic carbocycles. The van der Waals surface area contributed by atoms with E-state index >= 15 is 0 Å². The standard InChI is InChI=1S/C12H9N3/c1-9-2-7-12(15-14-9)11-5-3-10(8-13)4-6-11/h2-7H,1H3. The van der Waals surface area contributed by atoms with Crippen LogP contribution in [0, 0.1) is 18.3 Å². The fraction of sp³-hybridized carbons (Fsp3) is 0.0833.